The van der Waals surface area contributed by atoms with E-state index in [9.17, 15) is 18.0 Å². The third kappa shape index (κ3) is 4.63. The molecule has 32 heavy (non-hydrogen) atoms. The Balaban J connectivity index is 1.42. The van der Waals surface area contributed by atoms with Crippen molar-refractivity contribution < 1.29 is 32.2 Å². The summed E-state index contributed by atoms with van der Waals surface area (Å²) in [5, 5.41) is 5.31. The van der Waals surface area contributed by atoms with Crippen LogP contribution in [-0.2, 0) is 19.6 Å². The van der Waals surface area contributed by atoms with E-state index in [0.29, 0.717) is 42.3 Å². The van der Waals surface area contributed by atoms with Crippen LogP contribution >= 0.6 is 0 Å². The van der Waals surface area contributed by atoms with Gasteiger partial charge in [-0.1, -0.05) is 0 Å². The van der Waals surface area contributed by atoms with Crippen LogP contribution in [0.3, 0.4) is 0 Å². The van der Waals surface area contributed by atoms with Crippen molar-refractivity contribution in [2.24, 2.45) is 5.92 Å². The Bertz CT molecular complexity index is 1120. The van der Waals surface area contributed by atoms with Crippen LogP contribution in [0, 0.1) is 5.92 Å². The van der Waals surface area contributed by atoms with Gasteiger partial charge in [0.2, 0.25) is 22.7 Å². The smallest absolute Gasteiger partial charge is 0.411 e. The summed E-state index contributed by atoms with van der Waals surface area (Å²) >= 11 is 0. The molecule has 0 bridgehead atoms. The lowest BCUT2D eigenvalue weighted by Gasteiger charge is -2.31. The number of fused-ring (bicyclic) bond motifs is 1. The van der Waals surface area contributed by atoms with Crippen molar-refractivity contribution in [3.63, 3.8) is 0 Å². The molecular formula is C21H23N3O7S. The second-order valence-electron chi connectivity index (χ2n) is 7.40. The van der Waals surface area contributed by atoms with E-state index in [1.165, 1.54) is 35.7 Å². The molecule has 4 rings (SSSR count). The van der Waals surface area contributed by atoms with Crippen LogP contribution in [-0.4, -0.2) is 51.7 Å². The Morgan fingerprint density at radius 3 is 2.50 bits per heavy atom. The maximum Gasteiger partial charge on any atom is 0.411 e. The molecule has 0 aromatic heterocycles. The summed E-state index contributed by atoms with van der Waals surface area (Å²) in [5.41, 5.74) is 0.975. The fraction of sp³-hybridized carbons (Fsp3) is 0.333. The molecule has 0 aliphatic carbocycles. The van der Waals surface area contributed by atoms with Gasteiger partial charge < -0.3 is 19.5 Å². The summed E-state index contributed by atoms with van der Waals surface area (Å²) in [4.78, 5) is 24.2. The number of hydrogen-bond acceptors (Lipinski definition) is 7. The normalized spacial score (nSPS) is 18.1. The van der Waals surface area contributed by atoms with E-state index < -0.39 is 22.0 Å². The summed E-state index contributed by atoms with van der Waals surface area (Å²) in [5.74, 6) is 0.442. The number of rotatable bonds is 5. The molecule has 2 aliphatic rings. The number of anilines is 2. The maximum absolute atomic E-state index is 13.1. The van der Waals surface area contributed by atoms with E-state index >= 15 is 0 Å². The van der Waals surface area contributed by atoms with E-state index in [2.05, 4.69) is 15.4 Å². The highest BCUT2D eigenvalue weighted by Gasteiger charge is 2.33. The zero-order valence-corrected chi connectivity index (χ0v) is 18.2. The molecule has 170 valence electrons. The average molecular weight is 461 g/mol. The number of carbonyl (C=O) groups excluding carboxylic acids is 2. The first kappa shape index (κ1) is 21.9. The number of carbonyl (C=O) groups is 2. The largest absolute Gasteiger partial charge is 0.454 e. The van der Waals surface area contributed by atoms with Gasteiger partial charge in [0.05, 0.1) is 17.9 Å². The molecule has 11 heteroatoms. The minimum Gasteiger partial charge on any atom is -0.454 e. The van der Waals surface area contributed by atoms with Crippen molar-refractivity contribution in [2.75, 3.05) is 37.6 Å². The topological polar surface area (TPSA) is 123 Å². The minimum absolute atomic E-state index is 0.0842. The standard InChI is InChI=1S/C21H23N3O7S/c1-29-21(26)23-15-4-7-17(8-5-15)32(27,28)24-10-2-3-14(12-24)20(25)22-16-6-9-18-19(11-16)31-13-30-18/h4-9,11,14H,2-3,10,12-13H2,1H3,(H,22,25)(H,23,26). The first-order valence-electron chi connectivity index (χ1n) is 10.0. The molecule has 1 fully saturated rings. The molecule has 2 N–H and O–H groups in total. The molecule has 1 atom stereocenters. The number of amides is 2. The van der Waals surface area contributed by atoms with E-state index in [-0.39, 0.29) is 24.1 Å². The van der Waals surface area contributed by atoms with Crippen LogP contribution in [0.4, 0.5) is 16.2 Å². The quantitative estimate of drug-likeness (QED) is 0.702. The summed E-state index contributed by atoms with van der Waals surface area (Å²) in [7, 11) is -2.55. The van der Waals surface area contributed by atoms with Gasteiger partial charge in [-0.3, -0.25) is 10.1 Å². The molecule has 2 heterocycles. The van der Waals surface area contributed by atoms with E-state index in [0.717, 1.165) is 0 Å². The molecule has 0 saturated carbocycles. The Hall–Kier alpha value is -3.31. The Morgan fingerprint density at radius 2 is 1.75 bits per heavy atom. The van der Waals surface area contributed by atoms with Gasteiger partial charge >= 0.3 is 6.09 Å². The van der Waals surface area contributed by atoms with Crippen LogP contribution in [0.25, 0.3) is 0 Å². The first-order valence-corrected chi connectivity index (χ1v) is 11.5. The predicted octanol–water partition coefficient (Wildman–Crippen LogP) is 2.63. The monoisotopic (exact) mass is 461 g/mol. The average Bonchev–Trinajstić information content (AvgIpc) is 3.27. The third-order valence-electron chi connectivity index (χ3n) is 5.32. The van der Waals surface area contributed by atoms with Gasteiger partial charge in [-0.05, 0) is 49.2 Å². The lowest BCUT2D eigenvalue weighted by atomic mass is 9.98. The first-order chi connectivity index (χ1) is 15.4. The second-order valence-corrected chi connectivity index (χ2v) is 9.34. The van der Waals surface area contributed by atoms with Crippen LogP contribution < -0.4 is 20.1 Å². The lowest BCUT2D eigenvalue weighted by Crippen LogP contribution is -2.43. The molecule has 1 saturated heterocycles. The van der Waals surface area contributed by atoms with Gasteiger partial charge in [0.25, 0.3) is 0 Å². The fourth-order valence-corrected chi connectivity index (χ4v) is 5.15. The summed E-state index contributed by atoms with van der Waals surface area (Å²) in [6.45, 7) is 0.557. The molecule has 0 spiro atoms. The molecule has 0 radical (unpaired) electrons. The van der Waals surface area contributed by atoms with E-state index in [1.54, 1.807) is 18.2 Å². The van der Waals surface area contributed by atoms with Crippen molar-refractivity contribution in [2.45, 2.75) is 17.7 Å². The number of hydrogen-bond donors (Lipinski definition) is 2. The highest BCUT2D eigenvalue weighted by molar-refractivity contribution is 7.89. The SMILES string of the molecule is COC(=O)Nc1ccc(S(=O)(=O)N2CCCC(C(=O)Nc3ccc4c(c3)OCO4)C2)cc1. The molecule has 2 aromatic rings. The molecule has 2 amide bonds. The molecule has 2 aromatic carbocycles. The second kappa shape index (κ2) is 9.05. The summed E-state index contributed by atoms with van der Waals surface area (Å²) in [6, 6.07) is 10.9. The highest BCUT2D eigenvalue weighted by Crippen LogP contribution is 2.34. The fourth-order valence-electron chi connectivity index (χ4n) is 3.62. The molecule has 10 nitrogen and oxygen atoms in total. The zero-order chi connectivity index (χ0) is 22.7. The molecule has 1 unspecified atom stereocenters. The predicted molar refractivity (Wildman–Crippen MR) is 115 cm³/mol. The van der Waals surface area contributed by atoms with E-state index in [4.69, 9.17) is 9.47 Å². The minimum atomic E-state index is -3.79. The number of ether oxygens (including phenoxy) is 3. The van der Waals surface area contributed by atoms with Gasteiger partial charge in [0.15, 0.2) is 11.5 Å². The Morgan fingerprint density at radius 1 is 1.03 bits per heavy atom. The summed E-state index contributed by atoms with van der Waals surface area (Å²) < 4.78 is 42.6. The van der Waals surface area contributed by atoms with Gasteiger partial charge in [-0.15, -0.1) is 0 Å². The van der Waals surface area contributed by atoms with Crippen LogP contribution in [0.5, 0.6) is 11.5 Å². The van der Waals surface area contributed by atoms with Crippen LogP contribution in [0.15, 0.2) is 47.4 Å². The van der Waals surface area contributed by atoms with Crippen molar-refractivity contribution in [1.29, 1.82) is 0 Å². The number of benzene rings is 2. The van der Waals surface area contributed by atoms with Crippen LogP contribution in [0.1, 0.15) is 12.8 Å². The number of sulfonamides is 1. The third-order valence-corrected chi connectivity index (χ3v) is 7.20. The van der Waals surface area contributed by atoms with Crippen LogP contribution in [0.2, 0.25) is 0 Å². The Kier molecular flexibility index (Phi) is 6.19. The van der Waals surface area contributed by atoms with Crippen molar-refractivity contribution in [3.05, 3.63) is 42.5 Å². The van der Waals surface area contributed by atoms with E-state index in [1.807, 2.05) is 0 Å². The Labute approximate surface area is 185 Å². The van der Waals surface area contributed by atoms with Crippen molar-refractivity contribution >= 4 is 33.4 Å². The zero-order valence-electron chi connectivity index (χ0n) is 17.4. The van der Waals surface area contributed by atoms with Gasteiger partial charge in [-0.2, -0.15) is 4.31 Å². The van der Waals surface area contributed by atoms with Gasteiger partial charge in [0.1, 0.15) is 0 Å². The molecular weight excluding hydrogens is 438 g/mol. The number of nitrogens with zero attached hydrogens (tertiary/aromatic N) is 1. The maximum atomic E-state index is 13.1. The highest BCUT2D eigenvalue weighted by atomic mass is 32.2. The number of piperidine rings is 1. The lowest BCUT2D eigenvalue weighted by molar-refractivity contribution is -0.120. The molecule has 2 aliphatic heterocycles. The van der Waals surface area contributed by atoms with Gasteiger partial charge in [-0.25, -0.2) is 13.2 Å². The van der Waals surface area contributed by atoms with Crippen molar-refractivity contribution in [3.8, 4) is 11.5 Å². The number of nitrogens with one attached hydrogen (secondary N) is 2. The number of methoxy groups -OCH3 is 1. The van der Waals surface area contributed by atoms with Crippen molar-refractivity contribution in [1.82, 2.24) is 4.31 Å². The summed E-state index contributed by atoms with van der Waals surface area (Å²) in [6.07, 6.45) is 0.512. The van der Waals surface area contributed by atoms with Gasteiger partial charge in [0, 0.05) is 30.5 Å².